The summed E-state index contributed by atoms with van der Waals surface area (Å²) in [4.78, 5) is 10.8. The molecule has 146 valence electrons. The molecule has 0 spiro atoms. The molecule has 1 fully saturated rings. The van der Waals surface area contributed by atoms with Crippen molar-refractivity contribution >= 4 is 16.1 Å². The first-order chi connectivity index (χ1) is 13.3. The number of carboxylic acid groups (broad SMARTS) is 1. The number of aryl methyl sites for hydroxylation is 1. The Kier molecular flexibility index (Phi) is 5.68. The Morgan fingerprint density at radius 2 is 1.93 bits per heavy atom. The molecule has 1 amide bonds. The van der Waals surface area contributed by atoms with Crippen LogP contribution in [0.25, 0.3) is 11.1 Å². The zero-order valence-electron chi connectivity index (χ0n) is 15.4. The average Bonchev–Trinajstić information content (AvgIpc) is 3.16. The highest BCUT2D eigenvalue weighted by atomic mass is 32.2. The number of nitriles is 1. The number of benzene rings is 2. The van der Waals surface area contributed by atoms with Crippen LogP contribution in [0.1, 0.15) is 17.5 Å². The van der Waals surface area contributed by atoms with Crippen LogP contribution in [-0.4, -0.2) is 43.6 Å². The van der Waals surface area contributed by atoms with Gasteiger partial charge in [-0.1, -0.05) is 24.3 Å². The van der Waals surface area contributed by atoms with Crippen molar-refractivity contribution in [1.29, 1.82) is 5.26 Å². The van der Waals surface area contributed by atoms with Crippen molar-refractivity contribution in [3.63, 3.8) is 0 Å². The molecule has 0 unspecified atom stereocenters. The smallest absolute Gasteiger partial charge is 0.404 e. The zero-order chi connectivity index (χ0) is 20.3. The van der Waals surface area contributed by atoms with Crippen molar-refractivity contribution in [2.75, 3.05) is 19.6 Å². The summed E-state index contributed by atoms with van der Waals surface area (Å²) in [5.41, 5.74) is 3.27. The third-order valence-corrected chi connectivity index (χ3v) is 6.84. The van der Waals surface area contributed by atoms with E-state index in [4.69, 9.17) is 10.4 Å². The van der Waals surface area contributed by atoms with Crippen molar-refractivity contribution in [2.45, 2.75) is 18.2 Å². The molecule has 0 bridgehead atoms. The quantitative estimate of drug-likeness (QED) is 0.803. The number of amides is 1. The fourth-order valence-electron chi connectivity index (χ4n) is 3.35. The lowest BCUT2D eigenvalue weighted by atomic mass is 10.0. The normalized spacial score (nSPS) is 17.2. The van der Waals surface area contributed by atoms with E-state index in [2.05, 4.69) is 11.4 Å². The van der Waals surface area contributed by atoms with Crippen LogP contribution in [0.15, 0.2) is 47.4 Å². The summed E-state index contributed by atoms with van der Waals surface area (Å²) in [7, 11) is -3.61. The number of rotatable bonds is 5. The highest BCUT2D eigenvalue weighted by Crippen LogP contribution is 2.27. The van der Waals surface area contributed by atoms with E-state index in [0.29, 0.717) is 25.1 Å². The fraction of sp³-hybridized carbons (Fsp3) is 0.300. The Bertz CT molecular complexity index is 1030. The molecule has 1 aliphatic rings. The van der Waals surface area contributed by atoms with E-state index in [0.717, 1.165) is 16.7 Å². The van der Waals surface area contributed by atoms with Crippen molar-refractivity contribution in [1.82, 2.24) is 9.62 Å². The van der Waals surface area contributed by atoms with Gasteiger partial charge in [0.05, 0.1) is 16.5 Å². The van der Waals surface area contributed by atoms with Gasteiger partial charge < -0.3 is 10.4 Å². The molecular formula is C20H21N3O4S. The lowest BCUT2D eigenvalue weighted by Crippen LogP contribution is -2.32. The van der Waals surface area contributed by atoms with Crippen molar-refractivity contribution in [3.05, 3.63) is 53.6 Å². The van der Waals surface area contributed by atoms with Gasteiger partial charge >= 0.3 is 6.09 Å². The molecule has 2 N–H and O–H groups in total. The number of hydrogen-bond acceptors (Lipinski definition) is 4. The first-order valence-electron chi connectivity index (χ1n) is 8.89. The van der Waals surface area contributed by atoms with Crippen LogP contribution >= 0.6 is 0 Å². The Morgan fingerprint density at radius 1 is 1.25 bits per heavy atom. The summed E-state index contributed by atoms with van der Waals surface area (Å²) >= 11 is 0. The largest absolute Gasteiger partial charge is 0.465 e. The molecule has 1 aliphatic heterocycles. The van der Waals surface area contributed by atoms with Crippen LogP contribution in [0.4, 0.5) is 4.79 Å². The third-order valence-electron chi connectivity index (χ3n) is 4.96. The molecular weight excluding hydrogens is 378 g/mol. The van der Waals surface area contributed by atoms with E-state index < -0.39 is 16.1 Å². The van der Waals surface area contributed by atoms with Gasteiger partial charge in [0.25, 0.3) is 0 Å². The minimum Gasteiger partial charge on any atom is -0.465 e. The second-order valence-electron chi connectivity index (χ2n) is 6.87. The van der Waals surface area contributed by atoms with E-state index in [-0.39, 0.29) is 17.4 Å². The molecule has 7 nitrogen and oxygen atoms in total. The minimum atomic E-state index is -3.61. The predicted molar refractivity (Wildman–Crippen MR) is 104 cm³/mol. The summed E-state index contributed by atoms with van der Waals surface area (Å²) in [5.74, 6) is -0.0215. The SMILES string of the molecule is Cc1cc(-c2ccc(S(=O)(=O)N3CC[C@H](CNC(=O)O)C3)cc2)ccc1C#N. The predicted octanol–water partition coefficient (Wildman–Crippen LogP) is 2.81. The second-order valence-corrected chi connectivity index (χ2v) is 8.81. The van der Waals surface area contributed by atoms with Crippen molar-refractivity contribution in [3.8, 4) is 17.2 Å². The number of nitrogens with one attached hydrogen (secondary N) is 1. The van der Waals surface area contributed by atoms with Gasteiger partial charge in [0, 0.05) is 19.6 Å². The number of nitrogens with zero attached hydrogens (tertiary/aromatic N) is 2. The van der Waals surface area contributed by atoms with E-state index in [1.165, 1.54) is 4.31 Å². The van der Waals surface area contributed by atoms with Gasteiger partial charge in [-0.3, -0.25) is 0 Å². The molecule has 0 radical (unpaired) electrons. The monoisotopic (exact) mass is 399 g/mol. The molecule has 1 atom stereocenters. The molecule has 0 aliphatic carbocycles. The van der Waals surface area contributed by atoms with Crippen molar-refractivity contribution in [2.24, 2.45) is 5.92 Å². The van der Waals surface area contributed by atoms with E-state index in [1.54, 1.807) is 30.3 Å². The Morgan fingerprint density at radius 3 is 2.54 bits per heavy atom. The topological polar surface area (TPSA) is 110 Å². The fourth-order valence-corrected chi connectivity index (χ4v) is 4.88. The summed E-state index contributed by atoms with van der Waals surface area (Å²) in [6, 6.07) is 14.3. The maximum absolute atomic E-state index is 12.9. The van der Waals surface area contributed by atoms with Crippen LogP contribution in [-0.2, 0) is 10.0 Å². The molecule has 8 heteroatoms. The van der Waals surface area contributed by atoms with Gasteiger partial charge in [-0.25, -0.2) is 13.2 Å². The van der Waals surface area contributed by atoms with Crippen LogP contribution in [0.3, 0.4) is 0 Å². The second kappa shape index (κ2) is 8.00. The highest BCUT2D eigenvalue weighted by Gasteiger charge is 2.32. The Hall–Kier alpha value is -2.89. The minimum absolute atomic E-state index is 0.0215. The third kappa shape index (κ3) is 4.16. The van der Waals surface area contributed by atoms with Crippen molar-refractivity contribution < 1.29 is 18.3 Å². The summed E-state index contributed by atoms with van der Waals surface area (Å²) in [6.45, 7) is 2.80. The molecule has 28 heavy (non-hydrogen) atoms. The molecule has 0 saturated carbocycles. The van der Waals surface area contributed by atoms with Crippen LogP contribution in [0, 0.1) is 24.2 Å². The molecule has 1 heterocycles. The summed E-state index contributed by atoms with van der Waals surface area (Å²) in [5, 5.41) is 20.0. The number of carbonyl (C=O) groups is 1. The van der Waals surface area contributed by atoms with Crippen LogP contribution in [0.5, 0.6) is 0 Å². The van der Waals surface area contributed by atoms with Gasteiger partial charge in [-0.15, -0.1) is 0 Å². The number of sulfonamides is 1. The zero-order valence-corrected chi connectivity index (χ0v) is 16.2. The number of hydrogen-bond donors (Lipinski definition) is 2. The van der Waals surface area contributed by atoms with Crippen LogP contribution in [0.2, 0.25) is 0 Å². The molecule has 1 saturated heterocycles. The van der Waals surface area contributed by atoms with Gasteiger partial charge in [-0.2, -0.15) is 9.57 Å². The van der Waals surface area contributed by atoms with E-state index >= 15 is 0 Å². The van der Waals surface area contributed by atoms with Gasteiger partial charge in [0.2, 0.25) is 10.0 Å². The standard InChI is InChI=1S/C20H21N3O4S/c1-14-10-17(2-3-18(14)11-21)16-4-6-19(7-5-16)28(26,27)23-9-8-15(13-23)12-22-20(24)25/h2-7,10,15,22H,8-9,12-13H2,1H3,(H,24,25)/t15-/m1/s1. The van der Waals surface area contributed by atoms with Gasteiger partial charge in [0.1, 0.15) is 0 Å². The highest BCUT2D eigenvalue weighted by molar-refractivity contribution is 7.89. The van der Waals surface area contributed by atoms with Crippen LogP contribution < -0.4 is 5.32 Å². The molecule has 0 aromatic heterocycles. The van der Waals surface area contributed by atoms with Gasteiger partial charge in [0.15, 0.2) is 0 Å². The average molecular weight is 399 g/mol. The maximum atomic E-state index is 12.9. The van der Waals surface area contributed by atoms with Gasteiger partial charge in [-0.05, 0) is 54.2 Å². The molecule has 2 aromatic carbocycles. The Balaban J connectivity index is 1.75. The first-order valence-corrected chi connectivity index (χ1v) is 10.3. The van der Waals surface area contributed by atoms with E-state index in [1.807, 2.05) is 19.1 Å². The molecule has 2 aromatic rings. The Labute approximate surface area is 164 Å². The summed E-state index contributed by atoms with van der Waals surface area (Å²) in [6.07, 6.45) is -0.475. The summed E-state index contributed by atoms with van der Waals surface area (Å²) < 4.78 is 27.1. The first kappa shape index (κ1) is 19.9. The lowest BCUT2D eigenvalue weighted by molar-refractivity contribution is 0.192. The molecule has 3 rings (SSSR count). The lowest BCUT2D eigenvalue weighted by Gasteiger charge is -2.17. The van der Waals surface area contributed by atoms with E-state index in [9.17, 15) is 13.2 Å². The maximum Gasteiger partial charge on any atom is 0.404 e.